The monoisotopic (exact) mass is 410 g/mol. The third-order valence-corrected chi connectivity index (χ3v) is 6.13. The second-order valence-electron chi connectivity index (χ2n) is 8.33. The maximum absolute atomic E-state index is 14.4. The molecule has 158 valence electrons. The highest BCUT2D eigenvalue weighted by molar-refractivity contribution is 5.98. The van der Waals surface area contributed by atoms with Crippen molar-refractivity contribution in [1.29, 1.82) is 0 Å². The first-order valence-corrected chi connectivity index (χ1v) is 10.5. The van der Waals surface area contributed by atoms with E-state index in [0.717, 1.165) is 18.4 Å². The fourth-order valence-electron chi connectivity index (χ4n) is 4.67. The zero-order chi connectivity index (χ0) is 21.1. The Morgan fingerprint density at radius 1 is 1.17 bits per heavy atom. The summed E-state index contributed by atoms with van der Waals surface area (Å²) in [7, 11) is 0. The molecule has 1 N–H and O–H groups in total. The van der Waals surface area contributed by atoms with Gasteiger partial charge in [0.2, 0.25) is 5.91 Å². The quantitative estimate of drug-likeness (QED) is 0.832. The van der Waals surface area contributed by atoms with Crippen LogP contribution in [0.1, 0.15) is 48.5 Å². The molecule has 3 atom stereocenters. The summed E-state index contributed by atoms with van der Waals surface area (Å²) in [5, 5.41) is 2.92. The number of hydrogen-bond donors (Lipinski definition) is 1. The molecule has 1 spiro atoms. The van der Waals surface area contributed by atoms with E-state index in [4.69, 9.17) is 4.74 Å². The number of amides is 2. The molecule has 1 saturated heterocycles. The van der Waals surface area contributed by atoms with Crippen molar-refractivity contribution >= 4 is 11.8 Å². The van der Waals surface area contributed by atoms with Crippen molar-refractivity contribution in [1.82, 2.24) is 10.2 Å². The number of benzene rings is 2. The molecule has 2 fully saturated rings. The van der Waals surface area contributed by atoms with Crippen molar-refractivity contribution in [2.75, 3.05) is 6.61 Å². The number of nitrogens with zero attached hydrogens (tertiary/aromatic N) is 1. The molecule has 1 saturated carbocycles. The van der Waals surface area contributed by atoms with Gasteiger partial charge in [-0.2, -0.15) is 0 Å². The molecule has 2 amide bonds. The topological polar surface area (TPSA) is 58.6 Å². The van der Waals surface area contributed by atoms with Crippen LogP contribution < -0.4 is 5.32 Å². The summed E-state index contributed by atoms with van der Waals surface area (Å²) in [5.41, 5.74) is 0.0883. The first-order valence-electron chi connectivity index (χ1n) is 10.5. The first kappa shape index (κ1) is 20.5. The predicted molar refractivity (Wildman–Crippen MR) is 111 cm³/mol. The van der Waals surface area contributed by atoms with E-state index in [-0.39, 0.29) is 18.1 Å². The zero-order valence-corrected chi connectivity index (χ0v) is 17.1. The van der Waals surface area contributed by atoms with Crippen LogP contribution in [0.2, 0.25) is 0 Å². The number of halogens is 1. The molecule has 5 nitrogen and oxygen atoms in total. The molecule has 4 rings (SSSR count). The van der Waals surface area contributed by atoms with Gasteiger partial charge in [-0.25, -0.2) is 4.39 Å². The van der Waals surface area contributed by atoms with Gasteiger partial charge in [0, 0.05) is 6.54 Å². The Balaban J connectivity index is 1.61. The summed E-state index contributed by atoms with van der Waals surface area (Å²) >= 11 is 0. The van der Waals surface area contributed by atoms with Crippen LogP contribution in [-0.4, -0.2) is 35.1 Å². The Morgan fingerprint density at radius 3 is 2.63 bits per heavy atom. The first-order chi connectivity index (χ1) is 14.5. The van der Waals surface area contributed by atoms with Crippen molar-refractivity contribution in [3.63, 3.8) is 0 Å². The van der Waals surface area contributed by atoms with E-state index in [9.17, 15) is 14.0 Å². The minimum Gasteiger partial charge on any atom is -0.353 e. The van der Waals surface area contributed by atoms with Crippen molar-refractivity contribution in [2.24, 2.45) is 5.92 Å². The van der Waals surface area contributed by atoms with Gasteiger partial charge in [0.25, 0.3) is 5.91 Å². The number of carbonyl (C=O) groups excluding carboxylic acids is 2. The molecule has 2 aromatic rings. The van der Waals surface area contributed by atoms with Crippen molar-refractivity contribution in [3.05, 3.63) is 71.5 Å². The molecule has 0 aromatic heterocycles. The van der Waals surface area contributed by atoms with E-state index in [1.807, 2.05) is 30.3 Å². The highest BCUT2D eigenvalue weighted by Gasteiger charge is 2.54. The van der Waals surface area contributed by atoms with Gasteiger partial charge in [0.15, 0.2) is 0 Å². The lowest BCUT2D eigenvalue weighted by Crippen LogP contribution is -2.57. The van der Waals surface area contributed by atoms with Gasteiger partial charge in [-0.1, -0.05) is 55.8 Å². The van der Waals surface area contributed by atoms with Gasteiger partial charge in [-0.05, 0) is 42.9 Å². The SMILES string of the molecule is C[C@@H]1CCC[C@]2(C1)OC[C@@H](C(=O)NCc1ccccc1)N2C(=O)c1ccccc1F. The summed E-state index contributed by atoms with van der Waals surface area (Å²) in [6.45, 7) is 2.60. The van der Waals surface area contributed by atoms with E-state index in [1.54, 1.807) is 12.1 Å². The van der Waals surface area contributed by atoms with Crippen molar-refractivity contribution in [2.45, 2.75) is 50.9 Å². The van der Waals surface area contributed by atoms with Crippen LogP contribution in [0.4, 0.5) is 4.39 Å². The van der Waals surface area contributed by atoms with Crippen LogP contribution in [0, 0.1) is 11.7 Å². The molecule has 1 aliphatic carbocycles. The fraction of sp³-hybridized carbons (Fsp3) is 0.417. The molecule has 1 aliphatic heterocycles. The van der Waals surface area contributed by atoms with Gasteiger partial charge in [0.05, 0.1) is 12.2 Å². The lowest BCUT2D eigenvalue weighted by Gasteiger charge is -2.43. The van der Waals surface area contributed by atoms with Crippen LogP contribution in [0.15, 0.2) is 54.6 Å². The Kier molecular flexibility index (Phi) is 5.86. The second kappa shape index (κ2) is 8.56. The van der Waals surface area contributed by atoms with Gasteiger partial charge in [0.1, 0.15) is 17.6 Å². The number of rotatable bonds is 4. The number of nitrogens with one attached hydrogen (secondary N) is 1. The summed E-state index contributed by atoms with van der Waals surface area (Å²) in [5.74, 6) is -0.990. The molecule has 2 aromatic carbocycles. The summed E-state index contributed by atoms with van der Waals surface area (Å²) in [4.78, 5) is 28.1. The van der Waals surface area contributed by atoms with Crippen LogP contribution in [0.5, 0.6) is 0 Å². The minimum absolute atomic E-state index is 0.0264. The van der Waals surface area contributed by atoms with E-state index in [0.29, 0.717) is 25.3 Å². The number of ether oxygens (including phenoxy) is 1. The number of hydrogen-bond acceptors (Lipinski definition) is 3. The van der Waals surface area contributed by atoms with Gasteiger partial charge >= 0.3 is 0 Å². The molecule has 0 radical (unpaired) electrons. The fourth-order valence-corrected chi connectivity index (χ4v) is 4.67. The smallest absolute Gasteiger partial charge is 0.259 e. The molecule has 30 heavy (non-hydrogen) atoms. The summed E-state index contributed by atoms with van der Waals surface area (Å²) < 4.78 is 20.6. The zero-order valence-electron chi connectivity index (χ0n) is 17.1. The third-order valence-electron chi connectivity index (χ3n) is 6.13. The third kappa shape index (κ3) is 3.97. The van der Waals surface area contributed by atoms with E-state index >= 15 is 0 Å². The Labute approximate surface area is 176 Å². The summed E-state index contributed by atoms with van der Waals surface area (Å²) in [6.07, 6.45) is 3.26. The highest BCUT2D eigenvalue weighted by atomic mass is 19.1. The van der Waals surface area contributed by atoms with E-state index < -0.39 is 23.5 Å². The van der Waals surface area contributed by atoms with E-state index in [2.05, 4.69) is 12.2 Å². The highest BCUT2D eigenvalue weighted by Crippen LogP contribution is 2.43. The molecular formula is C24H27FN2O3. The second-order valence-corrected chi connectivity index (χ2v) is 8.33. The van der Waals surface area contributed by atoms with Crippen molar-refractivity contribution < 1.29 is 18.7 Å². The lowest BCUT2D eigenvalue weighted by molar-refractivity contribution is -0.128. The van der Waals surface area contributed by atoms with Crippen LogP contribution in [0.25, 0.3) is 0 Å². The van der Waals surface area contributed by atoms with Crippen LogP contribution in [-0.2, 0) is 16.1 Å². The average Bonchev–Trinajstić information content (AvgIpc) is 3.10. The Morgan fingerprint density at radius 2 is 1.90 bits per heavy atom. The van der Waals surface area contributed by atoms with Crippen molar-refractivity contribution in [3.8, 4) is 0 Å². The average molecular weight is 410 g/mol. The molecule has 0 bridgehead atoms. The molecule has 6 heteroatoms. The Bertz CT molecular complexity index is 920. The normalized spacial score (nSPS) is 26.0. The molecular weight excluding hydrogens is 383 g/mol. The number of carbonyl (C=O) groups is 2. The van der Waals surface area contributed by atoms with Gasteiger partial charge in [-0.3, -0.25) is 14.5 Å². The standard InChI is InChI=1S/C24H27FN2O3/c1-17-8-7-13-24(14-17)27(23(29)19-11-5-6-12-20(19)25)21(16-30-24)22(28)26-15-18-9-3-2-4-10-18/h2-6,9-12,17,21H,7-8,13-16H2,1H3,(H,26,28)/t17-,21+,24-/m1/s1. The van der Waals surface area contributed by atoms with E-state index in [1.165, 1.54) is 17.0 Å². The molecule has 0 unspecified atom stereocenters. The largest absolute Gasteiger partial charge is 0.353 e. The minimum atomic E-state index is -0.855. The lowest BCUT2D eigenvalue weighted by atomic mass is 9.83. The maximum atomic E-state index is 14.4. The Hall–Kier alpha value is -2.73. The maximum Gasteiger partial charge on any atom is 0.259 e. The summed E-state index contributed by atoms with van der Waals surface area (Å²) in [6, 6.07) is 14.7. The predicted octanol–water partition coefficient (Wildman–Crippen LogP) is 3.89. The molecule has 2 aliphatic rings. The molecule has 1 heterocycles. The van der Waals surface area contributed by atoms with Gasteiger partial charge in [-0.15, -0.1) is 0 Å². The van der Waals surface area contributed by atoms with Gasteiger partial charge < -0.3 is 10.1 Å². The van der Waals surface area contributed by atoms with Crippen LogP contribution >= 0.6 is 0 Å². The van der Waals surface area contributed by atoms with Crippen LogP contribution in [0.3, 0.4) is 0 Å².